The smallest absolute Gasteiger partial charge is 0.328 e. The van der Waals surface area contributed by atoms with Gasteiger partial charge in [-0.3, -0.25) is 0 Å². The lowest BCUT2D eigenvalue weighted by Crippen LogP contribution is -2.26. The fourth-order valence-electron chi connectivity index (χ4n) is 3.11. The Morgan fingerprint density at radius 1 is 1.33 bits per heavy atom. The quantitative estimate of drug-likeness (QED) is 0.829. The second-order valence-corrected chi connectivity index (χ2v) is 6.10. The van der Waals surface area contributed by atoms with E-state index >= 15 is 0 Å². The maximum absolute atomic E-state index is 10.6. The first-order valence-corrected chi connectivity index (χ1v) is 7.79. The van der Waals surface area contributed by atoms with Crippen LogP contribution in [-0.4, -0.2) is 24.7 Å². The molecule has 21 heavy (non-hydrogen) atoms. The summed E-state index contributed by atoms with van der Waals surface area (Å²) in [6, 6.07) is 6.23. The van der Waals surface area contributed by atoms with Crippen LogP contribution in [0.3, 0.4) is 0 Å². The molecule has 0 heterocycles. The molecular formula is C18H25NO2. The lowest BCUT2D eigenvalue weighted by Gasteiger charge is -2.28. The average Bonchev–Trinajstić information content (AvgIpc) is 2.46. The summed E-state index contributed by atoms with van der Waals surface area (Å²) in [4.78, 5) is 12.9. The van der Waals surface area contributed by atoms with E-state index < -0.39 is 5.97 Å². The van der Waals surface area contributed by atoms with Crippen LogP contribution in [0.1, 0.15) is 43.2 Å². The first-order valence-electron chi connectivity index (χ1n) is 7.79. The fourth-order valence-corrected chi connectivity index (χ4v) is 3.11. The monoisotopic (exact) mass is 287 g/mol. The van der Waals surface area contributed by atoms with Gasteiger partial charge in [-0.25, -0.2) is 4.79 Å². The van der Waals surface area contributed by atoms with Crippen molar-refractivity contribution in [2.75, 3.05) is 18.5 Å². The second-order valence-electron chi connectivity index (χ2n) is 6.10. The van der Waals surface area contributed by atoms with Gasteiger partial charge in [-0.1, -0.05) is 25.3 Å². The Labute approximate surface area is 127 Å². The third-order valence-electron chi connectivity index (χ3n) is 4.36. The van der Waals surface area contributed by atoms with Gasteiger partial charge in [0.15, 0.2) is 0 Å². The third-order valence-corrected chi connectivity index (χ3v) is 4.36. The van der Waals surface area contributed by atoms with Crippen LogP contribution in [-0.2, 0) is 4.79 Å². The van der Waals surface area contributed by atoms with Crippen LogP contribution in [0.5, 0.6) is 0 Å². The molecule has 0 aromatic heterocycles. The summed E-state index contributed by atoms with van der Waals surface area (Å²) in [5.41, 5.74) is 3.29. The van der Waals surface area contributed by atoms with Crippen LogP contribution >= 0.6 is 0 Å². The molecule has 0 amide bonds. The SMILES string of the molecule is Cc1cc(N(C)CC2CCCCC2)ccc1C=CC(=O)O. The number of carbonyl (C=O) groups is 1. The van der Waals surface area contributed by atoms with E-state index in [9.17, 15) is 4.79 Å². The van der Waals surface area contributed by atoms with E-state index in [1.165, 1.54) is 43.9 Å². The number of aryl methyl sites for hydroxylation is 1. The first kappa shape index (κ1) is 15.6. The molecule has 1 aromatic rings. The van der Waals surface area contributed by atoms with Crippen molar-refractivity contribution in [1.82, 2.24) is 0 Å². The minimum absolute atomic E-state index is 0.815. The summed E-state index contributed by atoms with van der Waals surface area (Å²) < 4.78 is 0. The van der Waals surface area contributed by atoms with E-state index in [4.69, 9.17) is 5.11 Å². The zero-order chi connectivity index (χ0) is 15.2. The van der Waals surface area contributed by atoms with Crippen molar-refractivity contribution in [1.29, 1.82) is 0 Å². The molecule has 114 valence electrons. The molecular weight excluding hydrogens is 262 g/mol. The largest absolute Gasteiger partial charge is 0.478 e. The maximum Gasteiger partial charge on any atom is 0.328 e. The molecule has 3 heteroatoms. The predicted molar refractivity (Wildman–Crippen MR) is 87.7 cm³/mol. The molecule has 0 atom stereocenters. The van der Waals surface area contributed by atoms with Crippen molar-refractivity contribution in [2.24, 2.45) is 5.92 Å². The molecule has 0 radical (unpaired) electrons. The van der Waals surface area contributed by atoms with E-state index in [0.717, 1.165) is 23.6 Å². The van der Waals surface area contributed by atoms with E-state index in [2.05, 4.69) is 24.1 Å². The number of nitrogens with zero attached hydrogens (tertiary/aromatic N) is 1. The summed E-state index contributed by atoms with van der Waals surface area (Å²) >= 11 is 0. The minimum Gasteiger partial charge on any atom is -0.478 e. The highest BCUT2D eigenvalue weighted by atomic mass is 16.4. The summed E-state index contributed by atoms with van der Waals surface area (Å²) in [6.07, 6.45) is 9.68. The van der Waals surface area contributed by atoms with Crippen molar-refractivity contribution in [3.05, 3.63) is 35.4 Å². The van der Waals surface area contributed by atoms with Crippen molar-refractivity contribution >= 4 is 17.7 Å². The van der Waals surface area contributed by atoms with Gasteiger partial charge in [0.05, 0.1) is 0 Å². The Balaban J connectivity index is 2.02. The summed E-state index contributed by atoms with van der Waals surface area (Å²) in [6.45, 7) is 3.14. The average molecular weight is 287 g/mol. The molecule has 0 spiro atoms. The standard InChI is InChI=1S/C18H25NO2/c1-14-12-17(10-8-16(14)9-11-18(20)21)19(2)13-15-6-4-3-5-7-15/h8-12,15H,3-7,13H2,1-2H3,(H,20,21). The zero-order valence-electron chi connectivity index (χ0n) is 13.0. The highest BCUT2D eigenvalue weighted by Crippen LogP contribution is 2.26. The van der Waals surface area contributed by atoms with Gasteiger partial charge in [0.25, 0.3) is 0 Å². The molecule has 1 saturated carbocycles. The van der Waals surface area contributed by atoms with Gasteiger partial charge in [0, 0.05) is 25.4 Å². The van der Waals surface area contributed by atoms with E-state index in [1.54, 1.807) is 6.08 Å². The lowest BCUT2D eigenvalue weighted by atomic mass is 9.89. The van der Waals surface area contributed by atoms with Crippen LogP contribution in [0, 0.1) is 12.8 Å². The molecule has 1 aliphatic rings. The van der Waals surface area contributed by atoms with Gasteiger partial charge >= 0.3 is 5.97 Å². The Hall–Kier alpha value is -1.77. The van der Waals surface area contributed by atoms with Crippen molar-refractivity contribution < 1.29 is 9.90 Å². The Morgan fingerprint density at radius 3 is 2.67 bits per heavy atom. The number of carboxylic acids is 1. The number of hydrogen-bond donors (Lipinski definition) is 1. The van der Waals surface area contributed by atoms with Gasteiger partial charge in [0.2, 0.25) is 0 Å². The molecule has 0 saturated heterocycles. The van der Waals surface area contributed by atoms with Crippen LogP contribution in [0.25, 0.3) is 6.08 Å². The molecule has 3 nitrogen and oxygen atoms in total. The second kappa shape index (κ2) is 7.30. The Morgan fingerprint density at radius 2 is 2.05 bits per heavy atom. The highest BCUT2D eigenvalue weighted by Gasteiger charge is 2.15. The number of hydrogen-bond acceptors (Lipinski definition) is 2. The van der Waals surface area contributed by atoms with E-state index in [1.807, 2.05) is 13.0 Å². The molecule has 1 aromatic carbocycles. The van der Waals surface area contributed by atoms with Crippen LogP contribution < -0.4 is 4.90 Å². The maximum atomic E-state index is 10.6. The molecule has 1 aliphatic carbocycles. The zero-order valence-corrected chi connectivity index (χ0v) is 13.0. The minimum atomic E-state index is -0.909. The topological polar surface area (TPSA) is 40.5 Å². The first-order chi connectivity index (χ1) is 10.1. The number of carboxylic acid groups (broad SMARTS) is 1. The summed E-state index contributed by atoms with van der Waals surface area (Å²) in [7, 11) is 2.15. The molecule has 1 N–H and O–H groups in total. The van der Waals surface area contributed by atoms with Crippen LogP contribution in [0.15, 0.2) is 24.3 Å². The van der Waals surface area contributed by atoms with Gasteiger partial charge in [0.1, 0.15) is 0 Å². The van der Waals surface area contributed by atoms with Gasteiger partial charge in [-0.15, -0.1) is 0 Å². The Bertz CT molecular complexity index is 516. The molecule has 0 aliphatic heterocycles. The van der Waals surface area contributed by atoms with E-state index in [-0.39, 0.29) is 0 Å². The number of benzene rings is 1. The fraction of sp³-hybridized carbons (Fsp3) is 0.500. The highest BCUT2D eigenvalue weighted by molar-refractivity contribution is 5.85. The predicted octanol–water partition coefficient (Wildman–Crippen LogP) is 4.11. The van der Waals surface area contributed by atoms with Gasteiger partial charge < -0.3 is 10.0 Å². The van der Waals surface area contributed by atoms with E-state index in [0.29, 0.717) is 0 Å². The molecule has 0 unspecified atom stereocenters. The third kappa shape index (κ3) is 4.62. The lowest BCUT2D eigenvalue weighted by molar-refractivity contribution is -0.131. The van der Waals surface area contributed by atoms with Crippen molar-refractivity contribution in [3.8, 4) is 0 Å². The molecule has 1 fully saturated rings. The molecule has 2 rings (SSSR count). The normalized spacial score (nSPS) is 16.3. The summed E-state index contributed by atoms with van der Waals surface area (Å²) in [5.74, 6) is -0.0940. The van der Waals surface area contributed by atoms with Crippen molar-refractivity contribution in [2.45, 2.75) is 39.0 Å². The number of anilines is 1. The number of aliphatic carboxylic acids is 1. The number of rotatable bonds is 5. The Kier molecular flexibility index (Phi) is 5.43. The van der Waals surface area contributed by atoms with Crippen molar-refractivity contribution in [3.63, 3.8) is 0 Å². The van der Waals surface area contributed by atoms with Crippen LogP contribution in [0.2, 0.25) is 0 Å². The van der Waals surface area contributed by atoms with Crippen LogP contribution in [0.4, 0.5) is 5.69 Å². The summed E-state index contributed by atoms with van der Waals surface area (Å²) in [5, 5.41) is 8.70. The van der Waals surface area contributed by atoms with Gasteiger partial charge in [-0.2, -0.15) is 0 Å². The molecule has 0 bridgehead atoms. The van der Waals surface area contributed by atoms with Gasteiger partial charge in [-0.05, 0) is 55.0 Å².